The number of esters is 1. The molecular weight excluding hydrogens is 574 g/mol. The van der Waals surface area contributed by atoms with Crippen LogP contribution in [-0.4, -0.2) is 36.6 Å². The van der Waals surface area contributed by atoms with Crippen molar-refractivity contribution in [3.8, 4) is 22.8 Å². The Hall–Kier alpha value is -4.63. The highest BCUT2D eigenvalue weighted by Gasteiger charge is 2.21. The third-order valence-electron chi connectivity index (χ3n) is 7.03. The molecule has 5 aromatic rings. The molecule has 0 fully saturated rings. The minimum Gasteiger partial charge on any atom is -0.491 e. The summed E-state index contributed by atoms with van der Waals surface area (Å²) in [5, 5.41) is 0. The molecule has 0 aliphatic rings. The number of aryl methyl sites for hydroxylation is 1. The largest absolute Gasteiger partial charge is 0.491 e. The number of imidazole rings is 1. The lowest BCUT2D eigenvalue weighted by Gasteiger charge is -2.15. The van der Waals surface area contributed by atoms with Crippen LogP contribution in [0.4, 0.5) is 5.69 Å². The highest BCUT2D eigenvalue weighted by Crippen LogP contribution is 2.36. The maximum absolute atomic E-state index is 13.4. The van der Waals surface area contributed by atoms with Gasteiger partial charge in [0.2, 0.25) is 0 Å². The molecule has 0 spiro atoms. The Morgan fingerprint density at radius 1 is 0.886 bits per heavy atom. The number of ether oxygens (including phenoxy) is 2. The number of aromatic nitrogens is 2. The molecule has 0 saturated heterocycles. The van der Waals surface area contributed by atoms with Crippen LogP contribution >= 0.6 is 0 Å². The molecule has 0 aliphatic heterocycles. The van der Waals surface area contributed by atoms with Crippen LogP contribution in [0, 0.1) is 6.92 Å². The van der Waals surface area contributed by atoms with Crippen LogP contribution in [0.25, 0.3) is 28.1 Å². The molecule has 0 atom stereocenters. The van der Waals surface area contributed by atoms with E-state index in [1.165, 1.54) is 0 Å². The Kier molecular flexibility index (Phi) is 9.65. The minimum absolute atomic E-state index is 0.130. The number of fused-ring (bicyclic) bond motifs is 1. The number of nitrogens with zero attached hydrogens (tertiary/aromatic N) is 2. The molecular formula is C35H37N3O5S. The predicted octanol–water partition coefficient (Wildman–Crippen LogP) is 7.69. The number of anilines is 1. The molecule has 1 heterocycles. The number of nitrogens with one attached hydrogen (secondary N) is 1. The van der Waals surface area contributed by atoms with Crippen LogP contribution in [0.15, 0.2) is 102 Å². The summed E-state index contributed by atoms with van der Waals surface area (Å²) in [4.78, 5) is 17.0. The summed E-state index contributed by atoms with van der Waals surface area (Å²) in [6.07, 6.45) is 2.35. The van der Waals surface area contributed by atoms with Gasteiger partial charge < -0.3 is 9.47 Å². The van der Waals surface area contributed by atoms with E-state index in [4.69, 9.17) is 14.5 Å². The molecule has 44 heavy (non-hydrogen) atoms. The van der Waals surface area contributed by atoms with Gasteiger partial charge in [0.15, 0.2) is 0 Å². The molecule has 9 heteroatoms. The summed E-state index contributed by atoms with van der Waals surface area (Å²) in [5.74, 6) is 0.913. The lowest BCUT2D eigenvalue weighted by atomic mass is 10.2. The zero-order valence-electron chi connectivity index (χ0n) is 25.2. The standard InChI is InChI=1S/C35H37N3O5S/c1-25(2)43-34(39)17-11-6-12-22-42-33-24-32-30(23-31(33)37-44(40,41)29-20-18-26(3)19-21-29)36-35(27-13-7-4-8-14-27)38(32)28-15-9-5-10-16-28/h4-5,7-10,13-16,18-21,23-25,37H,6,11-12,17,22H2,1-3H3. The fourth-order valence-corrected chi connectivity index (χ4v) is 5.96. The third-order valence-corrected chi connectivity index (χ3v) is 8.41. The van der Waals surface area contributed by atoms with Crippen molar-refractivity contribution in [1.29, 1.82) is 0 Å². The molecule has 8 nitrogen and oxygen atoms in total. The fraction of sp³-hybridized carbons (Fsp3) is 0.257. The number of carbonyl (C=O) groups is 1. The van der Waals surface area contributed by atoms with Gasteiger partial charge in [-0.2, -0.15) is 0 Å². The Morgan fingerprint density at radius 2 is 1.57 bits per heavy atom. The van der Waals surface area contributed by atoms with E-state index in [9.17, 15) is 13.2 Å². The van der Waals surface area contributed by atoms with Crippen molar-refractivity contribution < 1.29 is 22.7 Å². The van der Waals surface area contributed by atoms with E-state index in [-0.39, 0.29) is 17.0 Å². The van der Waals surface area contributed by atoms with Crippen LogP contribution in [0.1, 0.15) is 45.1 Å². The van der Waals surface area contributed by atoms with Crippen LogP contribution in [-0.2, 0) is 19.6 Å². The Balaban J connectivity index is 1.50. The number of para-hydroxylation sites is 1. The summed E-state index contributed by atoms with van der Waals surface area (Å²) in [6.45, 7) is 5.92. The van der Waals surface area contributed by atoms with E-state index in [0.717, 1.165) is 34.6 Å². The van der Waals surface area contributed by atoms with Crippen molar-refractivity contribution in [2.75, 3.05) is 11.3 Å². The second kappa shape index (κ2) is 13.8. The highest BCUT2D eigenvalue weighted by molar-refractivity contribution is 7.92. The molecule has 5 rings (SSSR count). The Morgan fingerprint density at radius 3 is 2.25 bits per heavy atom. The second-order valence-electron chi connectivity index (χ2n) is 10.9. The van der Waals surface area contributed by atoms with Crippen molar-refractivity contribution in [1.82, 2.24) is 9.55 Å². The molecule has 1 aromatic heterocycles. The molecule has 228 valence electrons. The molecule has 0 unspecified atom stereocenters. The number of hydrogen-bond acceptors (Lipinski definition) is 6. The lowest BCUT2D eigenvalue weighted by molar-refractivity contribution is -0.147. The third kappa shape index (κ3) is 7.47. The summed E-state index contributed by atoms with van der Waals surface area (Å²) in [5.41, 5.74) is 4.50. The normalized spacial score (nSPS) is 11.5. The minimum atomic E-state index is -3.90. The molecule has 0 saturated carbocycles. The van der Waals surface area contributed by atoms with E-state index in [1.54, 1.807) is 30.3 Å². The lowest BCUT2D eigenvalue weighted by Crippen LogP contribution is -2.14. The SMILES string of the molecule is Cc1ccc(S(=O)(=O)Nc2cc3nc(-c4ccccc4)n(-c4ccccc4)c3cc2OCCCCCC(=O)OC(C)C)cc1. The Bertz CT molecular complexity index is 1820. The number of sulfonamides is 1. The van der Waals surface area contributed by atoms with Crippen molar-refractivity contribution >= 4 is 32.7 Å². The van der Waals surface area contributed by atoms with Gasteiger partial charge in [-0.15, -0.1) is 0 Å². The highest BCUT2D eigenvalue weighted by atomic mass is 32.2. The number of hydrogen-bond donors (Lipinski definition) is 1. The zero-order valence-corrected chi connectivity index (χ0v) is 26.0. The van der Waals surface area contributed by atoms with E-state index in [2.05, 4.69) is 9.29 Å². The van der Waals surface area contributed by atoms with Gasteiger partial charge in [-0.1, -0.05) is 66.2 Å². The predicted molar refractivity (Wildman–Crippen MR) is 174 cm³/mol. The van der Waals surface area contributed by atoms with Gasteiger partial charge >= 0.3 is 5.97 Å². The van der Waals surface area contributed by atoms with Gasteiger partial charge in [-0.3, -0.25) is 14.1 Å². The Labute approximate surface area is 258 Å². The van der Waals surface area contributed by atoms with E-state index in [0.29, 0.717) is 42.8 Å². The molecule has 0 aliphatic carbocycles. The summed E-state index contributed by atoms with van der Waals surface area (Å²) >= 11 is 0. The smallest absolute Gasteiger partial charge is 0.306 e. The van der Waals surface area contributed by atoms with Crippen LogP contribution in [0.3, 0.4) is 0 Å². The first-order valence-electron chi connectivity index (χ1n) is 14.8. The summed E-state index contributed by atoms with van der Waals surface area (Å²) < 4.78 is 43.1. The number of carbonyl (C=O) groups excluding carboxylic acids is 1. The molecule has 4 aromatic carbocycles. The molecule has 1 N–H and O–H groups in total. The fourth-order valence-electron chi connectivity index (χ4n) is 4.90. The first-order valence-corrected chi connectivity index (χ1v) is 16.3. The molecule has 0 amide bonds. The van der Waals surface area contributed by atoms with E-state index >= 15 is 0 Å². The maximum atomic E-state index is 13.4. The number of rotatable bonds is 13. The monoisotopic (exact) mass is 611 g/mol. The average Bonchev–Trinajstić information content (AvgIpc) is 3.37. The van der Waals surface area contributed by atoms with Gasteiger partial charge in [0.1, 0.15) is 11.6 Å². The van der Waals surface area contributed by atoms with Gasteiger partial charge in [0.25, 0.3) is 10.0 Å². The summed E-state index contributed by atoms with van der Waals surface area (Å²) in [6, 6.07) is 30.0. The average molecular weight is 612 g/mol. The van der Waals surface area contributed by atoms with Crippen LogP contribution < -0.4 is 9.46 Å². The molecule has 0 radical (unpaired) electrons. The number of unbranched alkanes of at least 4 members (excludes halogenated alkanes) is 2. The first-order chi connectivity index (χ1) is 21.2. The van der Waals surface area contributed by atoms with Gasteiger partial charge in [0, 0.05) is 23.7 Å². The van der Waals surface area contributed by atoms with Crippen molar-refractivity contribution in [2.45, 2.75) is 57.5 Å². The summed E-state index contributed by atoms with van der Waals surface area (Å²) in [7, 11) is -3.90. The van der Waals surface area contributed by atoms with Crippen molar-refractivity contribution in [2.24, 2.45) is 0 Å². The first kappa shape index (κ1) is 30.8. The van der Waals surface area contributed by atoms with Crippen LogP contribution in [0.5, 0.6) is 5.75 Å². The van der Waals surface area contributed by atoms with Crippen LogP contribution in [0.2, 0.25) is 0 Å². The van der Waals surface area contributed by atoms with Gasteiger partial charge in [-0.05, 0) is 70.4 Å². The molecule has 0 bridgehead atoms. The maximum Gasteiger partial charge on any atom is 0.306 e. The van der Waals surface area contributed by atoms with Gasteiger partial charge in [0.05, 0.1) is 34.3 Å². The second-order valence-corrected chi connectivity index (χ2v) is 12.6. The quantitative estimate of drug-likeness (QED) is 0.108. The van der Waals surface area contributed by atoms with Crippen molar-refractivity contribution in [3.05, 3.63) is 103 Å². The van der Waals surface area contributed by atoms with E-state index < -0.39 is 10.0 Å². The topological polar surface area (TPSA) is 99.5 Å². The number of benzene rings is 4. The van der Waals surface area contributed by atoms with E-state index in [1.807, 2.05) is 87.5 Å². The van der Waals surface area contributed by atoms with Crippen molar-refractivity contribution in [3.63, 3.8) is 0 Å². The van der Waals surface area contributed by atoms with Gasteiger partial charge in [-0.25, -0.2) is 13.4 Å². The zero-order chi connectivity index (χ0) is 31.1.